The lowest BCUT2D eigenvalue weighted by Crippen LogP contribution is -2.67. The van der Waals surface area contributed by atoms with Crippen LogP contribution in [0.5, 0.6) is 0 Å². The molecule has 0 radical (unpaired) electrons. The Morgan fingerprint density at radius 3 is 1.26 bits per heavy atom. The Kier molecular flexibility index (Phi) is 9.54. The molecule has 3 heterocycles. The molecule has 0 amide bonds. The molecule has 0 aromatic heterocycles. The van der Waals surface area contributed by atoms with Crippen molar-refractivity contribution in [3.63, 3.8) is 0 Å². The van der Waals surface area contributed by atoms with Crippen LogP contribution in [0, 0.1) is 0 Å². The summed E-state index contributed by atoms with van der Waals surface area (Å²) in [6.45, 7) is -2.35. The molecule has 3 saturated heterocycles. The smallest absolute Gasteiger partial charge is 0.187 e. The van der Waals surface area contributed by atoms with Gasteiger partial charge in [-0.15, -0.1) is 0 Å². The van der Waals surface area contributed by atoms with E-state index in [1.54, 1.807) is 0 Å². The first-order chi connectivity index (χ1) is 16.0. The summed E-state index contributed by atoms with van der Waals surface area (Å²) in [4.78, 5) is 0. The average Bonchev–Trinajstić information content (AvgIpc) is 2.83. The standard InChI is InChI=1S/C18H32O16/c19-1-4-7(22)9(24)11(26)17(31-4)33-14-6(3-21)30-16(29)13(28)15(14)34-18-12(27)10(25)8(23)5(2-20)32-18/h4-29H,1-3H2/t4-,5-,6-,7-,8-,9+,10+,11-,12-,13-,14-,15-,16+,17-,18-/m1/s1. The highest BCUT2D eigenvalue weighted by Crippen LogP contribution is 2.32. The van der Waals surface area contributed by atoms with E-state index in [9.17, 15) is 56.2 Å². The van der Waals surface area contributed by atoms with E-state index in [1.165, 1.54) is 0 Å². The Labute approximate surface area is 192 Å². The summed E-state index contributed by atoms with van der Waals surface area (Å²) in [6.07, 6.45) is -25.6. The molecule has 11 N–H and O–H groups in total. The Morgan fingerprint density at radius 2 is 0.853 bits per heavy atom. The molecule has 3 fully saturated rings. The van der Waals surface area contributed by atoms with Crippen LogP contribution in [0.3, 0.4) is 0 Å². The Morgan fingerprint density at radius 1 is 0.441 bits per heavy atom. The predicted octanol–water partition coefficient (Wildman–Crippen LogP) is -7.57. The van der Waals surface area contributed by atoms with Gasteiger partial charge in [0.15, 0.2) is 18.9 Å². The third-order valence-electron chi connectivity index (χ3n) is 6.09. The summed E-state index contributed by atoms with van der Waals surface area (Å²) in [7, 11) is 0. The van der Waals surface area contributed by atoms with Crippen LogP contribution in [-0.4, -0.2) is 168 Å². The van der Waals surface area contributed by atoms with E-state index in [2.05, 4.69) is 0 Å². The molecule has 34 heavy (non-hydrogen) atoms. The molecule has 3 aliphatic rings. The molecule has 0 spiro atoms. The van der Waals surface area contributed by atoms with Gasteiger partial charge >= 0.3 is 0 Å². The minimum Gasteiger partial charge on any atom is -0.394 e. The lowest BCUT2D eigenvalue weighted by atomic mass is 9.96. The second-order valence-electron chi connectivity index (χ2n) is 8.33. The van der Waals surface area contributed by atoms with Crippen LogP contribution in [0.25, 0.3) is 0 Å². The third-order valence-corrected chi connectivity index (χ3v) is 6.09. The molecule has 200 valence electrons. The summed E-state index contributed by atoms with van der Waals surface area (Å²) in [5, 5.41) is 109. The van der Waals surface area contributed by atoms with Gasteiger partial charge in [-0.2, -0.15) is 0 Å². The van der Waals surface area contributed by atoms with Gasteiger partial charge in [-0.3, -0.25) is 0 Å². The number of aliphatic hydroxyl groups excluding tert-OH is 11. The molecule has 15 atom stereocenters. The van der Waals surface area contributed by atoms with Crippen LogP contribution >= 0.6 is 0 Å². The minimum atomic E-state index is -1.93. The maximum Gasteiger partial charge on any atom is 0.187 e. The third kappa shape index (κ3) is 5.37. The lowest BCUT2D eigenvalue weighted by Gasteiger charge is -2.48. The number of hydrogen-bond donors (Lipinski definition) is 11. The highest BCUT2D eigenvalue weighted by Gasteiger charge is 2.53. The molecule has 0 aromatic rings. The van der Waals surface area contributed by atoms with Gasteiger partial charge < -0.3 is 79.9 Å². The van der Waals surface area contributed by atoms with Gasteiger partial charge in [-0.05, 0) is 0 Å². The topological polar surface area (TPSA) is 269 Å². The molecule has 0 bridgehead atoms. The van der Waals surface area contributed by atoms with Crippen LogP contribution in [0.4, 0.5) is 0 Å². The SMILES string of the molecule is OC[C@H]1O[C@H](O[C@@H]2[C@@H](O)[C@@H](O)O[C@H](CO)[C@H]2O[C@H]2O[C@H](CO)[C@@H](O)[C@H](O)[C@H]2O)[C@H](O)[C@@H](O)[C@@H]1O. The van der Waals surface area contributed by atoms with E-state index in [-0.39, 0.29) is 0 Å². The Balaban J connectivity index is 1.84. The first kappa shape index (κ1) is 27.9. The van der Waals surface area contributed by atoms with Gasteiger partial charge in [0.25, 0.3) is 0 Å². The highest BCUT2D eigenvalue weighted by atomic mass is 16.8. The second-order valence-corrected chi connectivity index (χ2v) is 8.33. The largest absolute Gasteiger partial charge is 0.394 e. The van der Waals surface area contributed by atoms with Crippen LogP contribution in [-0.2, 0) is 23.7 Å². The van der Waals surface area contributed by atoms with Crippen molar-refractivity contribution in [1.82, 2.24) is 0 Å². The first-order valence-electron chi connectivity index (χ1n) is 10.6. The fraction of sp³-hybridized carbons (Fsp3) is 1.00. The summed E-state index contributed by atoms with van der Waals surface area (Å²) in [6, 6.07) is 0. The molecule has 0 unspecified atom stereocenters. The second kappa shape index (κ2) is 11.6. The van der Waals surface area contributed by atoms with Gasteiger partial charge in [0.05, 0.1) is 19.8 Å². The normalized spacial score (nSPS) is 52.5. The van der Waals surface area contributed by atoms with Gasteiger partial charge in [0.1, 0.15) is 73.2 Å². The molecule has 16 nitrogen and oxygen atoms in total. The number of hydrogen-bond acceptors (Lipinski definition) is 16. The molecule has 0 aromatic carbocycles. The fourth-order valence-electron chi connectivity index (χ4n) is 4.04. The predicted molar refractivity (Wildman–Crippen MR) is 101 cm³/mol. The Bertz CT molecular complexity index is 599. The van der Waals surface area contributed by atoms with Crippen molar-refractivity contribution in [2.24, 2.45) is 0 Å². The quantitative estimate of drug-likeness (QED) is 0.154. The van der Waals surface area contributed by atoms with E-state index in [0.29, 0.717) is 0 Å². The van der Waals surface area contributed by atoms with E-state index < -0.39 is 112 Å². The molecule has 0 saturated carbocycles. The lowest BCUT2D eigenvalue weighted by molar-refractivity contribution is -0.383. The summed E-state index contributed by atoms with van der Waals surface area (Å²) < 4.78 is 26.7. The molecule has 3 rings (SSSR count). The molecule has 16 heteroatoms. The fourth-order valence-corrected chi connectivity index (χ4v) is 4.04. The number of ether oxygens (including phenoxy) is 5. The summed E-state index contributed by atoms with van der Waals surface area (Å²) >= 11 is 0. The summed E-state index contributed by atoms with van der Waals surface area (Å²) in [5.74, 6) is 0. The van der Waals surface area contributed by atoms with Crippen LogP contribution in [0.1, 0.15) is 0 Å². The van der Waals surface area contributed by atoms with Gasteiger partial charge in [0, 0.05) is 0 Å². The van der Waals surface area contributed by atoms with Crippen LogP contribution < -0.4 is 0 Å². The van der Waals surface area contributed by atoms with Crippen molar-refractivity contribution >= 4 is 0 Å². The minimum absolute atomic E-state index is 0.762. The molecular formula is C18H32O16. The molecule has 0 aliphatic carbocycles. The zero-order valence-electron chi connectivity index (χ0n) is 17.7. The van der Waals surface area contributed by atoms with Gasteiger partial charge in [-0.25, -0.2) is 0 Å². The Hall–Kier alpha value is -0.640. The van der Waals surface area contributed by atoms with E-state index in [0.717, 1.165) is 0 Å². The zero-order valence-corrected chi connectivity index (χ0v) is 17.7. The summed E-state index contributed by atoms with van der Waals surface area (Å²) in [5.41, 5.74) is 0. The molecular weight excluding hydrogens is 472 g/mol. The van der Waals surface area contributed by atoms with E-state index in [4.69, 9.17) is 23.7 Å². The van der Waals surface area contributed by atoms with Crippen molar-refractivity contribution in [3.8, 4) is 0 Å². The number of aliphatic hydroxyl groups is 11. The van der Waals surface area contributed by atoms with Gasteiger partial charge in [-0.1, -0.05) is 0 Å². The monoisotopic (exact) mass is 504 g/mol. The number of rotatable bonds is 7. The van der Waals surface area contributed by atoms with Crippen molar-refractivity contribution in [2.45, 2.75) is 92.1 Å². The van der Waals surface area contributed by atoms with E-state index >= 15 is 0 Å². The van der Waals surface area contributed by atoms with Gasteiger partial charge in [0.2, 0.25) is 0 Å². The van der Waals surface area contributed by atoms with Crippen molar-refractivity contribution in [2.75, 3.05) is 19.8 Å². The van der Waals surface area contributed by atoms with Crippen LogP contribution in [0.2, 0.25) is 0 Å². The van der Waals surface area contributed by atoms with Crippen molar-refractivity contribution in [1.29, 1.82) is 0 Å². The maximum absolute atomic E-state index is 10.5. The van der Waals surface area contributed by atoms with Crippen molar-refractivity contribution < 1.29 is 79.9 Å². The molecule has 3 aliphatic heterocycles. The average molecular weight is 504 g/mol. The van der Waals surface area contributed by atoms with Crippen LogP contribution in [0.15, 0.2) is 0 Å². The first-order valence-corrected chi connectivity index (χ1v) is 10.6. The zero-order chi connectivity index (χ0) is 25.3. The highest BCUT2D eigenvalue weighted by molar-refractivity contribution is 4.96. The maximum atomic E-state index is 10.5. The van der Waals surface area contributed by atoms with Crippen molar-refractivity contribution in [3.05, 3.63) is 0 Å². The van der Waals surface area contributed by atoms with E-state index in [1.807, 2.05) is 0 Å².